The Morgan fingerprint density at radius 2 is 2.13 bits per heavy atom. The molecule has 1 fully saturated rings. The zero-order valence-corrected chi connectivity index (χ0v) is 8.74. The minimum atomic E-state index is 0.373. The fourth-order valence-electron chi connectivity index (χ4n) is 1.89. The van der Waals surface area contributed by atoms with Crippen LogP contribution in [0.5, 0.6) is 0 Å². The Labute approximate surface area is 89.0 Å². The quantitative estimate of drug-likeness (QED) is 0.801. The standard InChI is InChI=1S/C11H16N2O2/c12-7-11-9(3-6-15-11)8-13-4-1-10(14)2-5-13/h3,6H,1-2,4-5,7-8,12H2. The molecule has 4 heteroatoms. The average molecular weight is 208 g/mol. The maximum atomic E-state index is 11.1. The van der Waals surface area contributed by atoms with Gasteiger partial charge in [0.25, 0.3) is 0 Å². The zero-order chi connectivity index (χ0) is 10.7. The first kappa shape index (κ1) is 10.4. The number of hydrogen-bond donors (Lipinski definition) is 1. The Hall–Kier alpha value is -1.13. The summed E-state index contributed by atoms with van der Waals surface area (Å²) in [6.07, 6.45) is 3.03. The third-order valence-corrected chi connectivity index (χ3v) is 2.83. The van der Waals surface area contributed by atoms with Crippen LogP contribution >= 0.6 is 0 Å². The van der Waals surface area contributed by atoms with Gasteiger partial charge in [0.1, 0.15) is 11.5 Å². The average Bonchev–Trinajstić information content (AvgIpc) is 2.69. The number of ketones is 1. The van der Waals surface area contributed by atoms with Gasteiger partial charge in [0.15, 0.2) is 0 Å². The van der Waals surface area contributed by atoms with Crippen molar-refractivity contribution in [2.75, 3.05) is 13.1 Å². The molecule has 0 aliphatic carbocycles. The smallest absolute Gasteiger partial charge is 0.135 e. The number of furan rings is 1. The van der Waals surface area contributed by atoms with E-state index in [1.807, 2.05) is 6.07 Å². The predicted molar refractivity (Wildman–Crippen MR) is 56.1 cm³/mol. The molecule has 0 spiro atoms. The molecule has 2 heterocycles. The van der Waals surface area contributed by atoms with Crippen LogP contribution in [-0.2, 0) is 17.9 Å². The lowest BCUT2D eigenvalue weighted by Crippen LogP contribution is -2.33. The molecule has 1 aliphatic heterocycles. The molecule has 0 radical (unpaired) electrons. The Morgan fingerprint density at radius 3 is 2.80 bits per heavy atom. The maximum Gasteiger partial charge on any atom is 0.135 e. The summed E-state index contributed by atoms with van der Waals surface area (Å²) in [7, 11) is 0. The van der Waals surface area contributed by atoms with E-state index in [1.165, 1.54) is 0 Å². The Kier molecular flexibility index (Phi) is 3.18. The summed E-state index contributed by atoms with van der Waals surface area (Å²) in [5.74, 6) is 1.23. The Bertz CT molecular complexity index is 336. The molecule has 0 bridgehead atoms. The highest BCUT2D eigenvalue weighted by Crippen LogP contribution is 2.15. The number of nitrogens with zero attached hydrogens (tertiary/aromatic N) is 1. The van der Waals surface area contributed by atoms with E-state index in [9.17, 15) is 4.79 Å². The van der Waals surface area contributed by atoms with Gasteiger partial charge in [-0.3, -0.25) is 9.69 Å². The second-order valence-corrected chi connectivity index (χ2v) is 3.89. The first-order chi connectivity index (χ1) is 7.29. The molecule has 1 aromatic rings. The van der Waals surface area contributed by atoms with Gasteiger partial charge in [-0.15, -0.1) is 0 Å². The Balaban J connectivity index is 1.94. The minimum absolute atomic E-state index is 0.373. The summed E-state index contributed by atoms with van der Waals surface area (Å²) < 4.78 is 5.26. The van der Waals surface area contributed by atoms with Gasteiger partial charge in [-0.05, 0) is 6.07 Å². The highest BCUT2D eigenvalue weighted by Gasteiger charge is 2.17. The second-order valence-electron chi connectivity index (χ2n) is 3.89. The topological polar surface area (TPSA) is 59.5 Å². The molecule has 0 unspecified atom stereocenters. The SMILES string of the molecule is NCc1occc1CN1CCC(=O)CC1. The van der Waals surface area contributed by atoms with Crippen LogP contribution in [0.2, 0.25) is 0 Å². The first-order valence-electron chi connectivity index (χ1n) is 5.29. The van der Waals surface area contributed by atoms with E-state index in [1.54, 1.807) is 6.26 Å². The van der Waals surface area contributed by atoms with Crippen LogP contribution in [-0.4, -0.2) is 23.8 Å². The van der Waals surface area contributed by atoms with Gasteiger partial charge in [-0.25, -0.2) is 0 Å². The van der Waals surface area contributed by atoms with Crippen molar-refractivity contribution in [2.45, 2.75) is 25.9 Å². The van der Waals surface area contributed by atoms with Crippen LogP contribution in [0.1, 0.15) is 24.2 Å². The number of Topliss-reactive ketones (excluding diaryl/α,β-unsaturated/α-hetero) is 1. The van der Waals surface area contributed by atoms with E-state index in [0.717, 1.165) is 31.0 Å². The molecule has 15 heavy (non-hydrogen) atoms. The van der Waals surface area contributed by atoms with Crippen molar-refractivity contribution < 1.29 is 9.21 Å². The van der Waals surface area contributed by atoms with Crippen molar-refractivity contribution in [3.8, 4) is 0 Å². The third-order valence-electron chi connectivity index (χ3n) is 2.83. The summed E-state index contributed by atoms with van der Waals surface area (Å²) in [4.78, 5) is 13.3. The van der Waals surface area contributed by atoms with Gasteiger partial charge < -0.3 is 10.2 Å². The van der Waals surface area contributed by atoms with Crippen LogP contribution < -0.4 is 5.73 Å². The number of carbonyl (C=O) groups excluding carboxylic acids is 1. The minimum Gasteiger partial charge on any atom is -0.468 e. The summed E-state index contributed by atoms with van der Waals surface area (Å²) in [5.41, 5.74) is 6.70. The lowest BCUT2D eigenvalue weighted by molar-refractivity contribution is -0.121. The fraction of sp³-hybridized carbons (Fsp3) is 0.545. The molecule has 2 rings (SSSR count). The monoisotopic (exact) mass is 208 g/mol. The number of carbonyl (C=O) groups is 1. The van der Waals surface area contributed by atoms with Crippen LogP contribution in [0.15, 0.2) is 16.7 Å². The van der Waals surface area contributed by atoms with Crippen molar-refractivity contribution in [3.05, 3.63) is 23.7 Å². The number of piperidine rings is 1. The number of rotatable bonds is 3. The second kappa shape index (κ2) is 4.59. The molecule has 1 aromatic heterocycles. The van der Waals surface area contributed by atoms with Crippen LogP contribution in [0.25, 0.3) is 0 Å². The van der Waals surface area contributed by atoms with Crippen molar-refractivity contribution in [3.63, 3.8) is 0 Å². The summed E-state index contributed by atoms with van der Waals surface area (Å²) in [5, 5.41) is 0. The molecular weight excluding hydrogens is 192 g/mol. The van der Waals surface area contributed by atoms with E-state index in [0.29, 0.717) is 25.2 Å². The van der Waals surface area contributed by atoms with E-state index in [-0.39, 0.29) is 0 Å². The van der Waals surface area contributed by atoms with Gasteiger partial charge in [0.2, 0.25) is 0 Å². The molecular formula is C11H16N2O2. The molecule has 4 nitrogen and oxygen atoms in total. The van der Waals surface area contributed by atoms with Gasteiger partial charge in [0, 0.05) is 38.0 Å². The van der Waals surface area contributed by atoms with Crippen molar-refractivity contribution >= 4 is 5.78 Å². The van der Waals surface area contributed by atoms with Gasteiger partial charge in [-0.2, -0.15) is 0 Å². The largest absolute Gasteiger partial charge is 0.468 e. The molecule has 1 aliphatic rings. The van der Waals surface area contributed by atoms with E-state index in [2.05, 4.69) is 4.90 Å². The molecule has 0 amide bonds. The first-order valence-corrected chi connectivity index (χ1v) is 5.29. The lowest BCUT2D eigenvalue weighted by Gasteiger charge is -2.25. The van der Waals surface area contributed by atoms with Crippen LogP contribution in [0.3, 0.4) is 0 Å². The van der Waals surface area contributed by atoms with E-state index in [4.69, 9.17) is 10.2 Å². The summed E-state index contributed by atoms with van der Waals surface area (Å²) in [6.45, 7) is 2.99. The van der Waals surface area contributed by atoms with E-state index >= 15 is 0 Å². The van der Waals surface area contributed by atoms with Gasteiger partial charge in [0.05, 0.1) is 12.8 Å². The normalized spacial score (nSPS) is 18.3. The number of hydrogen-bond acceptors (Lipinski definition) is 4. The Morgan fingerprint density at radius 1 is 1.40 bits per heavy atom. The number of nitrogens with two attached hydrogens (primary N) is 1. The highest BCUT2D eigenvalue weighted by molar-refractivity contribution is 5.79. The van der Waals surface area contributed by atoms with Crippen LogP contribution in [0.4, 0.5) is 0 Å². The van der Waals surface area contributed by atoms with Crippen molar-refractivity contribution in [1.29, 1.82) is 0 Å². The van der Waals surface area contributed by atoms with E-state index < -0.39 is 0 Å². The molecule has 0 aromatic carbocycles. The highest BCUT2D eigenvalue weighted by atomic mass is 16.3. The molecule has 82 valence electrons. The fourth-order valence-corrected chi connectivity index (χ4v) is 1.89. The molecule has 1 saturated heterocycles. The summed E-state index contributed by atoms with van der Waals surface area (Å²) >= 11 is 0. The van der Waals surface area contributed by atoms with Gasteiger partial charge >= 0.3 is 0 Å². The van der Waals surface area contributed by atoms with Gasteiger partial charge in [-0.1, -0.05) is 0 Å². The summed E-state index contributed by atoms with van der Waals surface area (Å²) in [6, 6.07) is 1.96. The maximum absolute atomic E-state index is 11.1. The molecule has 2 N–H and O–H groups in total. The van der Waals surface area contributed by atoms with Crippen LogP contribution in [0, 0.1) is 0 Å². The zero-order valence-electron chi connectivity index (χ0n) is 8.74. The van der Waals surface area contributed by atoms with Crippen molar-refractivity contribution in [2.24, 2.45) is 5.73 Å². The predicted octanol–water partition coefficient (Wildman–Crippen LogP) is 0.903. The molecule has 0 atom stereocenters. The lowest BCUT2D eigenvalue weighted by atomic mass is 10.1. The third kappa shape index (κ3) is 2.46. The molecule has 0 saturated carbocycles. The van der Waals surface area contributed by atoms with Crippen molar-refractivity contribution in [1.82, 2.24) is 4.90 Å². The number of likely N-dealkylation sites (tertiary alicyclic amines) is 1.